The number of pyridine rings is 2. The van der Waals surface area contributed by atoms with Gasteiger partial charge < -0.3 is 34.9 Å². The number of fused-ring (bicyclic) bond motifs is 8. The van der Waals surface area contributed by atoms with E-state index in [1.54, 1.807) is 64.6 Å². The second kappa shape index (κ2) is 16.4. The van der Waals surface area contributed by atoms with Gasteiger partial charge in [0.05, 0.1) is 85.0 Å². The van der Waals surface area contributed by atoms with Crippen LogP contribution >= 0.6 is 22.7 Å². The third-order valence-electron chi connectivity index (χ3n) is 12.0. The Morgan fingerprint density at radius 2 is 1.32 bits per heavy atom. The molecule has 0 aromatic carbocycles. The first-order valence-corrected chi connectivity index (χ1v) is 22.1. The molecule has 0 unspecified atom stereocenters. The van der Waals surface area contributed by atoms with Crippen LogP contribution in [-0.4, -0.2) is 101 Å². The zero-order chi connectivity index (χ0) is 42.5. The Labute approximate surface area is 362 Å². The number of hydrogen-bond donors (Lipinski definition) is 3. The first-order valence-electron chi connectivity index (χ1n) is 20.4. The standard InChI is InChI=1S/C24H26N6O3S.C19H17N5O3S/c1-14-12-33-8-7-29(14)24(31)15-3-4-17-20(9-15)34-23-21(17)22(25-13-26-23)28-18-10-16-5-6-27-30(16)11-19(18)32-2;1-27-14-8-24-11(4-5-22-24)7-13(14)23-17-16-12-3-2-10(19(25)26)6-15(12)28-18(16)21-9-20-17/h5-6,10-11,13-15H,3-4,7-9,12H2,1-2H3,(H,25,26,28);4-5,7-10H,2-3,6H2,1H3,(H,25,26)(H,20,21,23)/t14-,15-;10-/m00/s1. The number of carbonyl (C=O) groups excluding carboxylic acids is 1. The Kier molecular flexibility index (Phi) is 10.5. The summed E-state index contributed by atoms with van der Waals surface area (Å²) < 4.78 is 20.1. The van der Waals surface area contributed by atoms with Crippen molar-refractivity contribution in [2.45, 2.75) is 51.5 Å². The molecular formula is C43H43N11O6S2. The molecule has 1 fully saturated rings. The number of carbonyl (C=O) groups is 2. The summed E-state index contributed by atoms with van der Waals surface area (Å²) in [7, 11) is 3.26. The average molecular weight is 874 g/mol. The fourth-order valence-corrected chi connectivity index (χ4v) is 11.3. The van der Waals surface area contributed by atoms with Gasteiger partial charge in [-0.2, -0.15) is 10.2 Å². The van der Waals surface area contributed by atoms with Gasteiger partial charge in [-0.05, 0) is 80.8 Å². The Bertz CT molecular complexity index is 3000. The number of morpholine rings is 1. The molecule has 3 aliphatic rings. The van der Waals surface area contributed by atoms with E-state index in [0.29, 0.717) is 56.3 Å². The first-order chi connectivity index (χ1) is 30.3. The van der Waals surface area contributed by atoms with E-state index in [4.69, 9.17) is 14.2 Å². The minimum absolute atomic E-state index is 0.00912. The van der Waals surface area contributed by atoms with Gasteiger partial charge in [0, 0.05) is 34.6 Å². The van der Waals surface area contributed by atoms with Crippen LogP contribution < -0.4 is 20.1 Å². The molecule has 8 aromatic heterocycles. The molecule has 11 rings (SSSR count). The molecule has 2 aliphatic carbocycles. The molecule has 9 heterocycles. The van der Waals surface area contributed by atoms with Gasteiger partial charge in [-0.15, -0.1) is 22.7 Å². The molecule has 3 atom stereocenters. The van der Waals surface area contributed by atoms with Crippen molar-refractivity contribution in [3.8, 4) is 11.5 Å². The number of anilines is 4. The highest BCUT2D eigenvalue weighted by Crippen LogP contribution is 2.43. The zero-order valence-corrected chi connectivity index (χ0v) is 35.8. The van der Waals surface area contributed by atoms with E-state index in [9.17, 15) is 14.7 Å². The van der Waals surface area contributed by atoms with Gasteiger partial charge in [0.15, 0.2) is 11.5 Å². The average Bonchev–Trinajstić information content (AvgIpc) is 4.10. The predicted octanol–water partition coefficient (Wildman–Crippen LogP) is 6.72. The number of aromatic nitrogens is 8. The maximum atomic E-state index is 13.3. The highest BCUT2D eigenvalue weighted by molar-refractivity contribution is 7.19. The van der Waals surface area contributed by atoms with Crippen LogP contribution in [0.1, 0.15) is 40.6 Å². The number of ether oxygens (including phenoxy) is 3. The molecule has 1 aliphatic heterocycles. The van der Waals surface area contributed by atoms with E-state index < -0.39 is 5.97 Å². The summed E-state index contributed by atoms with van der Waals surface area (Å²) in [6.07, 6.45) is 14.6. The van der Waals surface area contributed by atoms with Gasteiger partial charge in [0.25, 0.3) is 0 Å². The number of hydrogen-bond acceptors (Lipinski definition) is 15. The number of aryl methyl sites for hydroxylation is 2. The first kappa shape index (κ1) is 39.7. The van der Waals surface area contributed by atoms with Crippen molar-refractivity contribution in [1.29, 1.82) is 0 Å². The number of carboxylic acid groups (broad SMARTS) is 1. The highest BCUT2D eigenvalue weighted by Gasteiger charge is 2.34. The van der Waals surface area contributed by atoms with Crippen molar-refractivity contribution in [2.24, 2.45) is 11.8 Å². The van der Waals surface area contributed by atoms with Gasteiger partial charge in [-0.25, -0.2) is 29.0 Å². The number of nitrogens with zero attached hydrogens (tertiary/aromatic N) is 9. The molecule has 1 amide bonds. The smallest absolute Gasteiger partial charge is 0.306 e. The molecule has 17 nitrogen and oxygen atoms in total. The summed E-state index contributed by atoms with van der Waals surface area (Å²) in [4.78, 5) is 48.8. The normalized spacial score (nSPS) is 18.6. The van der Waals surface area contributed by atoms with Crippen molar-refractivity contribution in [1.82, 2.24) is 44.1 Å². The summed E-state index contributed by atoms with van der Waals surface area (Å²) in [6, 6.07) is 7.95. The topological polar surface area (TPSA) is 196 Å². The van der Waals surface area contributed by atoms with Crippen LogP contribution in [0.4, 0.5) is 23.0 Å². The monoisotopic (exact) mass is 873 g/mol. The van der Waals surface area contributed by atoms with Crippen LogP contribution in [0.5, 0.6) is 11.5 Å². The lowest BCUT2D eigenvalue weighted by Crippen LogP contribution is -2.50. The number of carboxylic acids is 1. The van der Waals surface area contributed by atoms with Crippen LogP contribution in [0.2, 0.25) is 0 Å². The van der Waals surface area contributed by atoms with E-state index in [0.717, 1.165) is 78.4 Å². The summed E-state index contributed by atoms with van der Waals surface area (Å²) in [5, 5.41) is 26.8. The van der Waals surface area contributed by atoms with Gasteiger partial charge in [0.1, 0.15) is 34.0 Å². The lowest BCUT2D eigenvalue weighted by molar-refractivity contribution is -0.144. The van der Waals surface area contributed by atoms with Gasteiger partial charge in [-0.1, -0.05) is 0 Å². The molecule has 318 valence electrons. The van der Waals surface area contributed by atoms with Crippen LogP contribution in [0.15, 0.2) is 61.7 Å². The van der Waals surface area contributed by atoms with Crippen LogP contribution in [0.3, 0.4) is 0 Å². The minimum Gasteiger partial charge on any atom is -0.493 e. The molecule has 0 spiro atoms. The Hall–Kier alpha value is -6.44. The molecular weight excluding hydrogens is 831 g/mol. The Balaban J connectivity index is 0.000000151. The van der Waals surface area contributed by atoms with Crippen LogP contribution in [0.25, 0.3) is 31.5 Å². The second-order valence-electron chi connectivity index (χ2n) is 15.6. The molecule has 1 saturated heterocycles. The van der Waals surface area contributed by atoms with E-state index >= 15 is 0 Å². The third kappa shape index (κ3) is 7.28. The van der Waals surface area contributed by atoms with Gasteiger partial charge >= 0.3 is 5.97 Å². The number of thiophene rings is 2. The van der Waals surface area contributed by atoms with Crippen molar-refractivity contribution >= 4 is 89.0 Å². The molecule has 8 aromatic rings. The van der Waals surface area contributed by atoms with Crippen molar-refractivity contribution < 1.29 is 28.9 Å². The van der Waals surface area contributed by atoms with Crippen molar-refractivity contribution in [2.75, 3.05) is 44.6 Å². The molecule has 3 N–H and O–H groups in total. The number of aliphatic carboxylic acids is 1. The largest absolute Gasteiger partial charge is 0.493 e. The number of nitrogens with one attached hydrogen (secondary N) is 2. The van der Waals surface area contributed by atoms with E-state index in [2.05, 4.69) is 47.7 Å². The van der Waals surface area contributed by atoms with Crippen molar-refractivity contribution in [3.05, 3.63) is 82.6 Å². The lowest BCUT2D eigenvalue weighted by atomic mass is 9.86. The summed E-state index contributed by atoms with van der Waals surface area (Å²) in [5.41, 5.74) is 5.91. The van der Waals surface area contributed by atoms with E-state index in [-0.39, 0.29) is 23.8 Å². The summed E-state index contributed by atoms with van der Waals surface area (Å²) >= 11 is 3.23. The minimum atomic E-state index is -0.730. The molecule has 19 heteroatoms. The molecule has 0 saturated carbocycles. The SMILES string of the molecule is COc1cn2nccc2cc1Nc1ncnc2sc3c(c12)CC[C@H](C(=O)N1CCOC[C@@H]1C)C3.COc1cn2nccc2cc1Nc1ncnc2sc3c(c12)CC[C@H](C(=O)O)C3. The maximum Gasteiger partial charge on any atom is 0.306 e. The fourth-order valence-electron chi connectivity index (χ4n) is 8.79. The van der Waals surface area contributed by atoms with Crippen LogP contribution in [-0.2, 0) is 40.0 Å². The fraction of sp³-hybridized carbons (Fsp3) is 0.349. The van der Waals surface area contributed by atoms with Gasteiger partial charge in [-0.3, -0.25) is 9.59 Å². The molecule has 62 heavy (non-hydrogen) atoms. The number of methoxy groups -OCH3 is 2. The third-order valence-corrected chi connectivity index (χ3v) is 14.3. The summed E-state index contributed by atoms with van der Waals surface area (Å²) in [5.74, 6) is 2.00. The van der Waals surface area contributed by atoms with Crippen molar-refractivity contribution in [3.63, 3.8) is 0 Å². The zero-order valence-electron chi connectivity index (χ0n) is 34.2. The van der Waals surface area contributed by atoms with E-state index in [1.165, 1.54) is 16.8 Å². The highest BCUT2D eigenvalue weighted by atomic mass is 32.1. The lowest BCUT2D eigenvalue weighted by Gasteiger charge is -2.36. The second-order valence-corrected chi connectivity index (χ2v) is 17.8. The predicted molar refractivity (Wildman–Crippen MR) is 236 cm³/mol. The Morgan fingerprint density at radius 1 is 0.790 bits per heavy atom. The van der Waals surface area contributed by atoms with Gasteiger partial charge in [0.2, 0.25) is 5.91 Å². The maximum absolute atomic E-state index is 13.3. The number of amides is 1. The number of rotatable bonds is 8. The van der Waals surface area contributed by atoms with Crippen LogP contribution in [0, 0.1) is 11.8 Å². The summed E-state index contributed by atoms with van der Waals surface area (Å²) in [6.45, 7) is 3.98. The molecule has 0 radical (unpaired) electrons. The quantitative estimate of drug-likeness (QED) is 0.146. The Morgan fingerprint density at radius 3 is 1.84 bits per heavy atom. The van der Waals surface area contributed by atoms with E-state index in [1.807, 2.05) is 41.6 Å². The molecule has 0 bridgehead atoms.